The van der Waals surface area contributed by atoms with Gasteiger partial charge in [0.2, 0.25) is 0 Å². The van der Waals surface area contributed by atoms with Crippen LogP contribution in [0, 0.1) is 11.3 Å². The number of aromatic amines is 1. The number of hydrogen-bond donors (Lipinski definition) is 1. The van der Waals surface area contributed by atoms with E-state index in [9.17, 15) is 0 Å². The maximum absolute atomic E-state index is 9.05. The molecule has 0 atom stereocenters. The minimum atomic E-state index is 0.662. The number of rotatable bonds is 3. The molecule has 2 heterocycles. The van der Waals surface area contributed by atoms with Gasteiger partial charge in [0, 0.05) is 34.7 Å². The average Bonchev–Trinajstić information content (AvgIpc) is 3.13. The maximum Gasteiger partial charge on any atom is 0.0992 e. The Morgan fingerprint density at radius 2 is 1.85 bits per heavy atom. The third-order valence-corrected chi connectivity index (χ3v) is 4.66. The minimum Gasteiger partial charge on any atom is -0.354 e. The second kappa shape index (κ2) is 6.86. The summed E-state index contributed by atoms with van der Waals surface area (Å²) in [7, 11) is 0. The van der Waals surface area contributed by atoms with Gasteiger partial charge in [-0.1, -0.05) is 43.0 Å². The van der Waals surface area contributed by atoms with Crippen LogP contribution in [0.2, 0.25) is 0 Å². The zero-order chi connectivity index (χ0) is 18.8. The van der Waals surface area contributed by atoms with Crippen LogP contribution in [0.15, 0.2) is 91.4 Å². The molecule has 0 radical (unpaired) electrons. The number of H-pyrrole nitrogens is 1. The fourth-order valence-electron chi connectivity index (χ4n) is 3.24. The zero-order valence-corrected chi connectivity index (χ0v) is 15.1. The van der Waals surface area contributed by atoms with Crippen LogP contribution in [0.25, 0.3) is 27.7 Å². The summed E-state index contributed by atoms with van der Waals surface area (Å²) in [6, 6.07) is 18.5. The van der Waals surface area contributed by atoms with E-state index in [-0.39, 0.29) is 0 Å². The molecule has 1 aromatic heterocycles. The molecule has 1 aliphatic rings. The molecular weight excluding hydrogens is 330 g/mol. The van der Waals surface area contributed by atoms with Gasteiger partial charge >= 0.3 is 0 Å². The van der Waals surface area contributed by atoms with Crippen LogP contribution in [0.1, 0.15) is 18.1 Å². The molecule has 27 heavy (non-hydrogen) atoms. The molecule has 0 unspecified atom stereocenters. The van der Waals surface area contributed by atoms with Crippen LogP contribution in [-0.4, -0.2) is 9.88 Å². The number of hydrogen-bond acceptors (Lipinski definition) is 2. The van der Waals surface area contributed by atoms with Gasteiger partial charge in [0.1, 0.15) is 0 Å². The lowest BCUT2D eigenvalue weighted by Crippen LogP contribution is -2.09. The van der Waals surface area contributed by atoms with Crippen molar-refractivity contribution >= 4 is 16.5 Å². The SMILES string of the molecule is C=C1C=C(c2ccc(-c3cc4ccc(C#N)cc4[nH]3)cc2)C=CN1C=CC. The van der Waals surface area contributed by atoms with Crippen molar-refractivity contribution in [1.82, 2.24) is 9.88 Å². The third kappa shape index (κ3) is 3.21. The van der Waals surface area contributed by atoms with Gasteiger partial charge in [-0.25, -0.2) is 0 Å². The Morgan fingerprint density at radius 1 is 1.07 bits per heavy atom. The van der Waals surface area contributed by atoms with Gasteiger partial charge in [0.15, 0.2) is 0 Å². The van der Waals surface area contributed by atoms with E-state index in [2.05, 4.69) is 60.1 Å². The Hall–Kier alpha value is -3.77. The monoisotopic (exact) mass is 349 g/mol. The van der Waals surface area contributed by atoms with Crippen molar-refractivity contribution in [2.24, 2.45) is 0 Å². The lowest BCUT2D eigenvalue weighted by atomic mass is 10.0. The van der Waals surface area contributed by atoms with E-state index in [0.29, 0.717) is 5.56 Å². The molecule has 0 saturated carbocycles. The molecule has 1 aliphatic heterocycles. The van der Waals surface area contributed by atoms with E-state index in [1.54, 1.807) is 0 Å². The third-order valence-electron chi connectivity index (χ3n) is 4.66. The molecule has 0 aliphatic carbocycles. The number of nitrogens with zero attached hydrogens (tertiary/aromatic N) is 2. The molecule has 3 nitrogen and oxygen atoms in total. The Balaban J connectivity index is 1.62. The molecule has 4 rings (SSSR count). The number of fused-ring (bicyclic) bond motifs is 1. The van der Waals surface area contributed by atoms with E-state index >= 15 is 0 Å². The first kappa shape index (κ1) is 16.7. The Bertz CT molecular complexity index is 1150. The number of allylic oxidation sites excluding steroid dienone is 4. The molecule has 1 N–H and O–H groups in total. The van der Waals surface area contributed by atoms with E-state index in [0.717, 1.165) is 39.0 Å². The number of nitriles is 1. The summed E-state index contributed by atoms with van der Waals surface area (Å²) in [5.74, 6) is 0. The fraction of sp³-hybridized carbons (Fsp3) is 0.0417. The largest absolute Gasteiger partial charge is 0.354 e. The topological polar surface area (TPSA) is 42.8 Å². The van der Waals surface area contributed by atoms with Crippen LogP contribution in [0.5, 0.6) is 0 Å². The van der Waals surface area contributed by atoms with Gasteiger partial charge < -0.3 is 9.88 Å². The van der Waals surface area contributed by atoms with Gasteiger partial charge in [0.25, 0.3) is 0 Å². The van der Waals surface area contributed by atoms with Crippen LogP contribution in [0.3, 0.4) is 0 Å². The summed E-state index contributed by atoms with van der Waals surface area (Å²) in [5, 5.41) is 10.2. The predicted octanol–water partition coefficient (Wildman–Crippen LogP) is 5.97. The van der Waals surface area contributed by atoms with Crippen molar-refractivity contribution in [2.45, 2.75) is 6.92 Å². The molecule has 2 aromatic carbocycles. The van der Waals surface area contributed by atoms with Gasteiger partial charge in [0.05, 0.1) is 11.6 Å². The summed E-state index contributed by atoms with van der Waals surface area (Å²) in [6.07, 6.45) is 10.2. The normalized spacial score (nSPS) is 14.0. The van der Waals surface area contributed by atoms with Gasteiger partial charge in [-0.15, -0.1) is 0 Å². The lowest BCUT2D eigenvalue weighted by molar-refractivity contribution is 0.649. The molecule has 0 spiro atoms. The van der Waals surface area contributed by atoms with Gasteiger partial charge in [-0.2, -0.15) is 5.26 Å². The quantitative estimate of drug-likeness (QED) is 0.633. The highest BCUT2D eigenvalue weighted by Crippen LogP contribution is 2.28. The molecule has 3 aromatic rings. The summed E-state index contributed by atoms with van der Waals surface area (Å²) >= 11 is 0. The second-order valence-electron chi connectivity index (χ2n) is 6.47. The van der Waals surface area contributed by atoms with Crippen LogP contribution < -0.4 is 0 Å². The van der Waals surface area contributed by atoms with E-state index < -0.39 is 0 Å². The van der Waals surface area contributed by atoms with Crippen molar-refractivity contribution < 1.29 is 0 Å². The Kier molecular flexibility index (Phi) is 4.24. The van der Waals surface area contributed by atoms with Crippen molar-refractivity contribution in [1.29, 1.82) is 5.26 Å². The van der Waals surface area contributed by atoms with Gasteiger partial charge in [-0.05, 0) is 54.0 Å². The summed E-state index contributed by atoms with van der Waals surface area (Å²) in [6.45, 7) is 6.10. The maximum atomic E-state index is 9.05. The minimum absolute atomic E-state index is 0.662. The highest BCUT2D eigenvalue weighted by atomic mass is 15.1. The number of nitrogens with one attached hydrogen (secondary N) is 1. The summed E-state index contributed by atoms with van der Waals surface area (Å²) < 4.78 is 0. The Morgan fingerprint density at radius 3 is 2.56 bits per heavy atom. The first-order chi connectivity index (χ1) is 13.2. The average molecular weight is 349 g/mol. The van der Waals surface area contributed by atoms with Gasteiger partial charge in [-0.3, -0.25) is 0 Å². The molecule has 0 bridgehead atoms. The van der Waals surface area contributed by atoms with Crippen LogP contribution >= 0.6 is 0 Å². The van der Waals surface area contributed by atoms with Crippen molar-refractivity contribution in [2.75, 3.05) is 0 Å². The molecule has 0 fully saturated rings. The first-order valence-corrected chi connectivity index (χ1v) is 8.81. The van der Waals surface area contributed by atoms with Crippen molar-refractivity contribution in [3.05, 3.63) is 103 Å². The van der Waals surface area contributed by atoms with E-state index in [1.165, 1.54) is 0 Å². The second-order valence-corrected chi connectivity index (χ2v) is 6.47. The summed E-state index contributed by atoms with van der Waals surface area (Å²) in [5.41, 5.74) is 7.04. The standard InChI is InChI=1S/C24H19N3/c1-3-11-27-12-10-21(13-17(27)2)19-6-8-20(9-7-19)24-15-22-5-4-18(16-25)14-23(22)26-24/h3-15,26H,2H2,1H3. The lowest BCUT2D eigenvalue weighted by Gasteiger charge is -2.21. The molecular formula is C24H19N3. The first-order valence-electron chi connectivity index (χ1n) is 8.81. The molecule has 3 heteroatoms. The predicted molar refractivity (Wildman–Crippen MR) is 111 cm³/mol. The summed E-state index contributed by atoms with van der Waals surface area (Å²) in [4.78, 5) is 5.40. The molecule has 0 amide bonds. The van der Waals surface area contributed by atoms with Crippen LogP contribution in [-0.2, 0) is 0 Å². The molecule has 0 saturated heterocycles. The number of benzene rings is 2. The fourth-order valence-corrected chi connectivity index (χ4v) is 3.24. The van der Waals surface area contributed by atoms with E-state index in [4.69, 9.17) is 5.26 Å². The number of aromatic nitrogens is 1. The smallest absolute Gasteiger partial charge is 0.0992 e. The Labute approximate surface area is 158 Å². The highest BCUT2D eigenvalue weighted by Gasteiger charge is 2.09. The zero-order valence-electron chi connectivity index (χ0n) is 15.1. The van der Waals surface area contributed by atoms with Crippen LogP contribution in [0.4, 0.5) is 0 Å². The highest BCUT2D eigenvalue weighted by molar-refractivity contribution is 5.87. The van der Waals surface area contributed by atoms with Crippen molar-refractivity contribution in [3.8, 4) is 17.3 Å². The van der Waals surface area contributed by atoms with E-state index in [1.807, 2.05) is 48.5 Å². The van der Waals surface area contributed by atoms with Crippen molar-refractivity contribution in [3.63, 3.8) is 0 Å². The molecule has 130 valence electrons.